The molecule has 0 spiro atoms. The van der Waals surface area contributed by atoms with Crippen LogP contribution in [0.3, 0.4) is 0 Å². The van der Waals surface area contributed by atoms with Crippen LogP contribution < -0.4 is 0 Å². The summed E-state index contributed by atoms with van der Waals surface area (Å²) < 4.78 is 0. The lowest BCUT2D eigenvalue weighted by Gasteiger charge is -2.44. The van der Waals surface area contributed by atoms with E-state index in [1.807, 2.05) is 6.92 Å². The highest BCUT2D eigenvalue weighted by molar-refractivity contribution is 6.01. The zero-order chi connectivity index (χ0) is 23.0. The molecule has 0 aromatic heterocycles. The van der Waals surface area contributed by atoms with Crippen molar-refractivity contribution in [1.29, 1.82) is 0 Å². The van der Waals surface area contributed by atoms with Gasteiger partial charge in [-0.15, -0.1) is 0 Å². The van der Waals surface area contributed by atoms with Crippen molar-refractivity contribution in [3.05, 3.63) is 35.5 Å². The quantitative estimate of drug-likeness (QED) is 0.407. The summed E-state index contributed by atoms with van der Waals surface area (Å²) in [7, 11) is 0. The van der Waals surface area contributed by atoms with Crippen LogP contribution in [0.5, 0.6) is 0 Å². The molecule has 1 fully saturated rings. The van der Waals surface area contributed by atoms with Gasteiger partial charge in [0.25, 0.3) is 0 Å². The van der Waals surface area contributed by atoms with E-state index in [4.69, 9.17) is 0 Å². The minimum absolute atomic E-state index is 0.00587. The lowest BCUT2D eigenvalue weighted by Crippen LogP contribution is -2.41. The van der Waals surface area contributed by atoms with Gasteiger partial charge in [0.15, 0.2) is 5.78 Å². The normalized spacial score (nSPS) is 30.8. The maximum absolute atomic E-state index is 13.3. The fraction of sp³-hybridized carbons (Fsp3) is 0.750. The number of allylic oxidation sites excluding steroid dienone is 3. The number of rotatable bonds is 9. The molecule has 2 rings (SSSR count). The summed E-state index contributed by atoms with van der Waals surface area (Å²) in [6.45, 7) is 24.4. The van der Waals surface area contributed by atoms with Gasteiger partial charge in [-0.25, -0.2) is 0 Å². The number of ketones is 1. The van der Waals surface area contributed by atoms with Crippen molar-refractivity contribution in [2.45, 2.75) is 94.1 Å². The first kappa shape index (κ1) is 25.1. The molecule has 30 heavy (non-hydrogen) atoms. The van der Waals surface area contributed by atoms with Gasteiger partial charge in [-0.2, -0.15) is 0 Å². The third-order valence-corrected chi connectivity index (χ3v) is 8.62. The zero-order valence-electron chi connectivity index (χ0n) is 21.0. The molecule has 0 aromatic carbocycles. The van der Waals surface area contributed by atoms with E-state index >= 15 is 0 Å². The highest BCUT2D eigenvalue weighted by atomic mass is 16.3. The topological polar surface area (TPSA) is 37.3 Å². The molecule has 0 aliphatic heterocycles. The van der Waals surface area contributed by atoms with Crippen LogP contribution in [0.2, 0.25) is 0 Å². The smallest absolute Gasteiger partial charge is 0.165 e. The summed E-state index contributed by atoms with van der Waals surface area (Å²) >= 11 is 0. The van der Waals surface area contributed by atoms with Crippen molar-refractivity contribution in [3.63, 3.8) is 0 Å². The molecule has 2 nitrogen and oxygen atoms in total. The molecule has 1 N–H and O–H groups in total. The van der Waals surface area contributed by atoms with Gasteiger partial charge >= 0.3 is 0 Å². The third kappa shape index (κ3) is 4.14. The molecule has 2 aliphatic rings. The van der Waals surface area contributed by atoms with Gasteiger partial charge in [-0.05, 0) is 61.9 Å². The number of carbonyl (C=O) groups is 1. The second-order valence-corrected chi connectivity index (χ2v) is 11.3. The molecule has 0 saturated heterocycles. The number of aliphatic hydroxyl groups excluding tert-OH is 1. The number of fused-ring (bicyclic) bond motifs is 2. The van der Waals surface area contributed by atoms with Crippen LogP contribution in [0, 0.1) is 40.4 Å². The van der Waals surface area contributed by atoms with Crippen molar-refractivity contribution in [1.82, 2.24) is 0 Å². The molecule has 2 heteroatoms. The van der Waals surface area contributed by atoms with Gasteiger partial charge in [0.1, 0.15) is 0 Å². The number of hydrogen-bond donors (Lipinski definition) is 1. The molecule has 6 unspecified atom stereocenters. The van der Waals surface area contributed by atoms with Crippen LogP contribution >= 0.6 is 0 Å². The largest absolute Gasteiger partial charge is 0.392 e. The van der Waals surface area contributed by atoms with Gasteiger partial charge in [0, 0.05) is 22.8 Å². The molecule has 1 saturated carbocycles. The first-order valence-electron chi connectivity index (χ1n) is 12.1. The predicted molar refractivity (Wildman–Crippen MR) is 128 cm³/mol. The van der Waals surface area contributed by atoms with Crippen molar-refractivity contribution < 1.29 is 9.90 Å². The Hall–Kier alpha value is -1.15. The van der Waals surface area contributed by atoms with Crippen LogP contribution in [0.1, 0.15) is 88.0 Å². The summed E-state index contributed by atoms with van der Waals surface area (Å²) in [5, 5.41) is 11.6. The van der Waals surface area contributed by atoms with Gasteiger partial charge in [0.2, 0.25) is 0 Å². The third-order valence-electron chi connectivity index (χ3n) is 8.62. The van der Waals surface area contributed by atoms with Crippen LogP contribution in [0.4, 0.5) is 0 Å². The van der Waals surface area contributed by atoms with E-state index in [1.54, 1.807) is 0 Å². The number of aliphatic hydroxyl groups is 1. The second-order valence-electron chi connectivity index (χ2n) is 11.3. The molecule has 0 amide bonds. The number of carbonyl (C=O) groups excluding carboxylic acids is 1. The lowest BCUT2D eigenvalue weighted by atomic mass is 9.61. The average molecular weight is 415 g/mol. The Morgan fingerprint density at radius 2 is 1.87 bits per heavy atom. The Labute approximate surface area is 185 Å². The molecule has 0 heterocycles. The Bertz CT molecular complexity index is 719. The van der Waals surface area contributed by atoms with Crippen molar-refractivity contribution in [2.24, 2.45) is 40.4 Å². The monoisotopic (exact) mass is 414 g/mol. The lowest BCUT2D eigenvalue weighted by molar-refractivity contribution is -0.119. The Morgan fingerprint density at radius 3 is 2.33 bits per heavy atom. The number of Topliss-reactive ketones (excluding diaryl/α,β-unsaturated/α-hetero) is 1. The summed E-state index contributed by atoms with van der Waals surface area (Å²) in [6, 6.07) is 0. The van der Waals surface area contributed by atoms with E-state index in [-0.39, 0.29) is 23.0 Å². The van der Waals surface area contributed by atoms with Crippen LogP contribution in [0.15, 0.2) is 35.5 Å². The summed E-state index contributed by atoms with van der Waals surface area (Å²) in [6.07, 6.45) is 7.52. The van der Waals surface area contributed by atoms with Crippen LogP contribution in [0.25, 0.3) is 0 Å². The molecule has 2 bridgehead atoms. The summed E-state index contributed by atoms with van der Waals surface area (Å²) in [5.74, 6) is 1.72. The van der Waals surface area contributed by atoms with Gasteiger partial charge in [-0.1, -0.05) is 79.2 Å². The Kier molecular flexibility index (Phi) is 7.66. The molecular formula is C28H46O2. The maximum Gasteiger partial charge on any atom is 0.165 e. The predicted octanol–water partition coefficient (Wildman–Crippen LogP) is 7.15. The van der Waals surface area contributed by atoms with Crippen molar-refractivity contribution in [3.8, 4) is 0 Å². The standard InChI is InChI=1S/C28H46O2/c1-11-19(7)25(29)21-15-22-24(27(9,10)23(12-2)18(5)6)16-28(20(21)8,26(22)30)14-13-17(3)4/h13,15,18-19,22-24,26,30H,8,11-12,14,16H2,1-7,9-10H3. The maximum atomic E-state index is 13.3. The van der Waals surface area contributed by atoms with Crippen molar-refractivity contribution in [2.75, 3.05) is 0 Å². The van der Waals surface area contributed by atoms with Gasteiger partial charge in [-0.3, -0.25) is 4.79 Å². The fourth-order valence-electron chi connectivity index (χ4n) is 6.59. The van der Waals surface area contributed by atoms with E-state index in [2.05, 4.69) is 74.1 Å². The Balaban J connectivity index is 2.61. The molecular weight excluding hydrogens is 368 g/mol. The molecule has 6 atom stereocenters. The molecule has 0 radical (unpaired) electrons. The first-order chi connectivity index (χ1) is 13.8. The van der Waals surface area contributed by atoms with Gasteiger partial charge in [0.05, 0.1) is 6.10 Å². The van der Waals surface area contributed by atoms with E-state index in [0.717, 1.165) is 36.8 Å². The molecule has 0 aromatic rings. The van der Waals surface area contributed by atoms with Crippen LogP contribution in [-0.2, 0) is 4.79 Å². The minimum Gasteiger partial charge on any atom is -0.392 e. The fourth-order valence-corrected chi connectivity index (χ4v) is 6.59. The molecule has 170 valence electrons. The second kappa shape index (κ2) is 9.15. The zero-order valence-corrected chi connectivity index (χ0v) is 21.0. The summed E-state index contributed by atoms with van der Waals surface area (Å²) in [4.78, 5) is 13.3. The van der Waals surface area contributed by atoms with Crippen LogP contribution in [-0.4, -0.2) is 17.0 Å². The SMILES string of the molecule is C=C1C(C(=O)C(C)CC)=CC2C(O)C1(CC=C(C)C)CC2C(C)(C)C(CC)C(C)C. The minimum atomic E-state index is -0.469. The van der Waals surface area contributed by atoms with E-state index < -0.39 is 11.5 Å². The van der Waals surface area contributed by atoms with E-state index in [9.17, 15) is 9.90 Å². The van der Waals surface area contributed by atoms with Crippen molar-refractivity contribution >= 4 is 5.78 Å². The highest BCUT2D eigenvalue weighted by Crippen LogP contribution is 2.63. The Morgan fingerprint density at radius 1 is 1.27 bits per heavy atom. The number of hydrogen-bond acceptors (Lipinski definition) is 2. The van der Waals surface area contributed by atoms with E-state index in [0.29, 0.717) is 17.8 Å². The summed E-state index contributed by atoms with van der Waals surface area (Å²) in [5.41, 5.74) is 2.59. The average Bonchev–Trinajstić information content (AvgIpc) is 2.87. The molecule has 2 aliphatic carbocycles. The van der Waals surface area contributed by atoms with Gasteiger partial charge < -0.3 is 5.11 Å². The van der Waals surface area contributed by atoms with E-state index in [1.165, 1.54) is 5.57 Å². The highest BCUT2D eigenvalue weighted by Gasteiger charge is 2.60. The first-order valence-corrected chi connectivity index (χ1v) is 12.1.